The van der Waals surface area contributed by atoms with Crippen molar-refractivity contribution in [3.8, 4) is 0 Å². The van der Waals surface area contributed by atoms with E-state index in [1.807, 2.05) is 24.3 Å². The first-order valence-electron chi connectivity index (χ1n) is 11.6. The monoisotopic (exact) mass is 529 g/mol. The number of hydrogen-bond donors (Lipinski definition) is 0. The molecule has 0 unspecified atom stereocenters. The third-order valence-corrected chi connectivity index (χ3v) is 8.94. The fourth-order valence-electron chi connectivity index (χ4n) is 4.99. The number of piperazine rings is 1. The van der Waals surface area contributed by atoms with Crippen LogP contribution in [0.25, 0.3) is 10.9 Å². The standard InChI is InChI=1S/C24H24ClN5O5S/c25-17-7-8-18-19(16-17)26-10-9-20(18)27-12-14-28(15-13-27)24(31)22-5-3-11-29(22)36(34,35)23-6-2-1-4-21(23)30(32)33/h1-2,4,6-10,16,22H,3,5,11-15H2/t22-/m1/s1. The molecule has 1 aromatic heterocycles. The largest absolute Gasteiger partial charge is 0.367 e. The molecule has 2 saturated heterocycles. The summed E-state index contributed by atoms with van der Waals surface area (Å²) in [5.74, 6) is -0.263. The third kappa shape index (κ3) is 4.38. The number of aromatic nitrogens is 1. The molecule has 10 nitrogen and oxygen atoms in total. The van der Waals surface area contributed by atoms with Crippen LogP contribution in [-0.2, 0) is 14.8 Å². The zero-order valence-corrected chi connectivity index (χ0v) is 20.9. The van der Waals surface area contributed by atoms with Crippen molar-refractivity contribution >= 4 is 49.8 Å². The van der Waals surface area contributed by atoms with Crippen LogP contribution in [0.5, 0.6) is 0 Å². The summed E-state index contributed by atoms with van der Waals surface area (Å²) in [6, 6.07) is 11.9. The van der Waals surface area contributed by atoms with E-state index in [1.54, 1.807) is 11.1 Å². The minimum Gasteiger partial charge on any atom is -0.367 e. The molecule has 0 spiro atoms. The summed E-state index contributed by atoms with van der Waals surface area (Å²) >= 11 is 6.10. The molecule has 12 heteroatoms. The molecule has 2 aliphatic rings. The highest BCUT2D eigenvalue weighted by Crippen LogP contribution is 2.33. The lowest BCUT2D eigenvalue weighted by atomic mass is 10.1. The summed E-state index contributed by atoms with van der Waals surface area (Å²) in [6.07, 6.45) is 2.63. The molecule has 5 rings (SSSR count). The number of hydrogen-bond acceptors (Lipinski definition) is 7. The van der Waals surface area contributed by atoms with Crippen molar-refractivity contribution in [3.05, 3.63) is 69.9 Å². The molecule has 3 aromatic rings. The summed E-state index contributed by atoms with van der Waals surface area (Å²) in [5, 5.41) is 13.0. The maximum absolute atomic E-state index is 13.4. The number of carbonyl (C=O) groups excluding carboxylic acids is 1. The molecule has 0 bridgehead atoms. The quantitative estimate of drug-likeness (QED) is 0.367. The van der Waals surface area contributed by atoms with Gasteiger partial charge in [-0.2, -0.15) is 4.31 Å². The van der Waals surface area contributed by atoms with Crippen LogP contribution < -0.4 is 4.90 Å². The van der Waals surface area contributed by atoms with Gasteiger partial charge in [-0.05, 0) is 43.2 Å². The molecule has 2 aliphatic heterocycles. The molecule has 1 atom stereocenters. The number of nitro benzene ring substituents is 1. The van der Waals surface area contributed by atoms with Crippen molar-refractivity contribution in [1.82, 2.24) is 14.2 Å². The number of amides is 1. The molecule has 0 saturated carbocycles. The van der Waals surface area contributed by atoms with Gasteiger partial charge < -0.3 is 9.80 Å². The van der Waals surface area contributed by atoms with Crippen LogP contribution in [0, 0.1) is 10.1 Å². The molecule has 3 heterocycles. The second-order valence-corrected chi connectivity index (χ2v) is 11.1. The van der Waals surface area contributed by atoms with Crippen LogP contribution in [-0.4, -0.2) is 72.2 Å². The van der Waals surface area contributed by atoms with E-state index in [1.165, 1.54) is 18.2 Å². The number of benzene rings is 2. The second-order valence-electron chi connectivity index (χ2n) is 8.80. The van der Waals surface area contributed by atoms with Gasteiger partial charge in [0.25, 0.3) is 15.7 Å². The number of rotatable bonds is 5. The first-order valence-corrected chi connectivity index (χ1v) is 13.4. The lowest BCUT2D eigenvalue weighted by Gasteiger charge is -2.38. The number of nitrogens with zero attached hydrogens (tertiary/aromatic N) is 5. The molecule has 0 aliphatic carbocycles. The summed E-state index contributed by atoms with van der Waals surface area (Å²) < 4.78 is 27.9. The topological polar surface area (TPSA) is 117 Å². The van der Waals surface area contributed by atoms with Gasteiger partial charge in [0, 0.05) is 61.1 Å². The molecule has 36 heavy (non-hydrogen) atoms. The van der Waals surface area contributed by atoms with Gasteiger partial charge in [0.2, 0.25) is 5.91 Å². The first kappa shape index (κ1) is 24.4. The van der Waals surface area contributed by atoms with Crippen LogP contribution in [0.2, 0.25) is 5.02 Å². The zero-order chi connectivity index (χ0) is 25.4. The average molecular weight is 530 g/mol. The van der Waals surface area contributed by atoms with Gasteiger partial charge in [0.1, 0.15) is 6.04 Å². The van der Waals surface area contributed by atoms with Gasteiger partial charge in [-0.25, -0.2) is 8.42 Å². The predicted octanol–water partition coefficient (Wildman–Crippen LogP) is 3.30. The van der Waals surface area contributed by atoms with Crippen molar-refractivity contribution in [2.75, 3.05) is 37.6 Å². The van der Waals surface area contributed by atoms with E-state index in [-0.39, 0.29) is 17.3 Å². The van der Waals surface area contributed by atoms with Gasteiger partial charge in [0.15, 0.2) is 4.90 Å². The fourth-order valence-corrected chi connectivity index (χ4v) is 6.96. The highest BCUT2D eigenvalue weighted by Gasteiger charge is 2.43. The summed E-state index contributed by atoms with van der Waals surface area (Å²) in [6.45, 7) is 2.18. The van der Waals surface area contributed by atoms with Gasteiger partial charge in [-0.3, -0.25) is 19.9 Å². The van der Waals surface area contributed by atoms with Crippen LogP contribution >= 0.6 is 11.6 Å². The highest BCUT2D eigenvalue weighted by molar-refractivity contribution is 7.89. The smallest absolute Gasteiger partial charge is 0.289 e. The first-order chi connectivity index (χ1) is 17.3. The van der Waals surface area contributed by atoms with Gasteiger partial charge in [0.05, 0.1) is 10.4 Å². The Morgan fingerprint density at radius 3 is 2.56 bits per heavy atom. The van der Waals surface area contributed by atoms with Crippen molar-refractivity contribution in [1.29, 1.82) is 0 Å². The molecule has 2 aromatic carbocycles. The van der Waals surface area contributed by atoms with Crippen LogP contribution in [0.15, 0.2) is 59.6 Å². The molecule has 2 fully saturated rings. The minimum atomic E-state index is -4.21. The Morgan fingerprint density at radius 1 is 1.06 bits per heavy atom. The molecular weight excluding hydrogens is 506 g/mol. The van der Waals surface area contributed by atoms with Crippen LogP contribution in [0.3, 0.4) is 0 Å². The molecule has 0 radical (unpaired) electrons. The lowest BCUT2D eigenvalue weighted by molar-refractivity contribution is -0.387. The van der Waals surface area contributed by atoms with Crippen molar-refractivity contribution < 1.29 is 18.1 Å². The number of nitro groups is 1. The molecule has 0 N–H and O–H groups in total. The van der Waals surface area contributed by atoms with E-state index in [4.69, 9.17) is 11.6 Å². The summed E-state index contributed by atoms with van der Waals surface area (Å²) in [4.78, 5) is 32.0. The molecule has 1 amide bonds. The summed E-state index contributed by atoms with van der Waals surface area (Å²) in [7, 11) is -4.21. The maximum atomic E-state index is 13.4. The normalized spacial score (nSPS) is 19.1. The van der Waals surface area contributed by atoms with Crippen LogP contribution in [0.4, 0.5) is 11.4 Å². The van der Waals surface area contributed by atoms with E-state index in [2.05, 4.69) is 9.88 Å². The van der Waals surface area contributed by atoms with E-state index < -0.39 is 26.7 Å². The van der Waals surface area contributed by atoms with Crippen molar-refractivity contribution in [3.63, 3.8) is 0 Å². The van der Waals surface area contributed by atoms with Gasteiger partial charge in [-0.15, -0.1) is 0 Å². The summed E-state index contributed by atoms with van der Waals surface area (Å²) in [5.41, 5.74) is 1.31. The van der Waals surface area contributed by atoms with Crippen molar-refractivity contribution in [2.45, 2.75) is 23.8 Å². The molecule has 188 valence electrons. The number of halogens is 1. The lowest BCUT2D eigenvalue weighted by Crippen LogP contribution is -2.54. The Balaban J connectivity index is 1.32. The zero-order valence-electron chi connectivity index (χ0n) is 19.3. The average Bonchev–Trinajstić information content (AvgIpc) is 3.39. The van der Waals surface area contributed by atoms with E-state index in [0.717, 1.165) is 27.0 Å². The van der Waals surface area contributed by atoms with Crippen LogP contribution in [0.1, 0.15) is 12.8 Å². The number of sulfonamides is 1. The Kier molecular flexibility index (Phi) is 6.54. The number of para-hydroxylation sites is 1. The fraction of sp³-hybridized carbons (Fsp3) is 0.333. The maximum Gasteiger partial charge on any atom is 0.289 e. The van der Waals surface area contributed by atoms with Crippen molar-refractivity contribution in [2.24, 2.45) is 0 Å². The van der Waals surface area contributed by atoms with E-state index in [0.29, 0.717) is 44.0 Å². The second kappa shape index (κ2) is 9.64. The highest BCUT2D eigenvalue weighted by atomic mass is 35.5. The Bertz CT molecular complexity index is 1440. The van der Waals surface area contributed by atoms with E-state index >= 15 is 0 Å². The van der Waals surface area contributed by atoms with Gasteiger partial charge in [-0.1, -0.05) is 23.7 Å². The Labute approximate surface area is 213 Å². The predicted molar refractivity (Wildman–Crippen MR) is 136 cm³/mol. The third-order valence-electron chi connectivity index (χ3n) is 6.75. The number of fused-ring (bicyclic) bond motifs is 1. The van der Waals surface area contributed by atoms with Gasteiger partial charge >= 0.3 is 0 Å². The SMILES string of the molecule is O=C([C@H]1CCCN1S(=O)(=O)c1ccccc1[N+](=O)[O-])N1CCN(c2ccnc3cc(Cl)ccc23)CC1. The Hall–Kier alpha value is -3.28. The van der Waals surface area contributed by atoms with E-state index in [9.17, 15) is 23.3 Å². The Morgan fingerprint density at radius 2 is 1.81 bits per heavy atom. The number of pyridine rings is 1. The molecular formula is C24H24ClN5O5S. The number of carbonyl (C=O) groups is 1. The number of anilines is 1. The minimum absolute atomic E-state index is 0.149.